The lowest BCUT2D eigenvalue weighted by molar-refractivity contribution is 0.630. The molecule has 8 heteroatoms. The second-order valence-electron chi connectivity index (χ2n) is 7.69. The number of pyridine rings is 2. The highest BCUT2D eigenvalue weighted by atomic mass is 35.5. The zero-order chi connectivity index (χ0) is 21.7. The predicted molar refractivity (Wildman–Crippen MR) is 119 cm³/mol. The van der Waals surface area contributed by atoms with Gasteiger partial charge in [0.15, 0.2) is 0 Å². The molecule has 6 nitrogen and oxygen atoms in total. The molecule has 0 amide bonds. The minimum absolute atomic E-state index is 0.194. The molecular formula is C23H19ClFN5O. The molecular weight excluding hydrogens is 417 g/mol. The van der Waals surface area contributed by atoms with Gasteiger partial charge in [-0.1, -0.05) is 11.6 Å². The van der Waals surface area contributed by atoms with Gasteiger partial charge in [-0.2, -0.15) is 0 Å². The highest BCUT2D eigenvalue weighted by Gasteiger charge is 2.22. The summed E-state index contributed by atoms with van der Waals surface area (Å²) in [7, 11) is 1.68. The van der Waals surface area contributed by atoms with Crippen LogP contribution in [0.25, 0.3) is 22.2 Å². The molecule has 0 aliphatic carbocycles. The number of aryl methyl sites for hydroxylation is 1. The normalized spacial score (nSPS) is 13.5. The summed E-state index contributed by atoms with van der Waals surface area (Å²) >= 11 is 5.95. The van der Waals surface area contributed by atoms with Gasteiger partial charge in [0.1, 0.15) is 28.7 Å². The van der Waals surface area contributed by atoms with E-state index in [9.17, 15) is 9.18 Å². The molecule has 0 radical (unpaired) electrons. The molecule has 5 rings (SSSR count). The Labute approximate surface area is 183 Å². The van der Waals surface area contributed by atoms with E-state index in [-0.39, 0.29) is 11.1 Å². The molecule has 0 saturated heterocycles. The number of halogens is 2. The molecule has 3 aromatic heterocycles. The maximum atomic E-state index is 14.9. The van der Waals surface area contributed by atoms with Crippen molar-refractivity contribution in [3.63, 3.8) is 0 Å². The monoisotopic (exact) mass is 435 g/mol. The van der Waals surface area contributed by atoms with Crippen molar-refractivity contribution in [2.75, 3.05) is 11.4 Å². The van der Waals surface area contributed by atoms with Gasteiger partial charge < -0.3 is 4.90 Å². The molecule has 1 aliphatic heterocycles. The van der Waals surface area contributed by atoms with E-state index >= 15 is 0 Å². The van der Waals surface area contributed by atoms with Gasteiger partial charge in [0.05, 0.1) is 5.39 Å². The molecule has 1 aromatic carbocycles. The molecule has 4 aromatic rings. The summed E-state index contributed by atoms with van der Waals surface area (Å²) in [6, 6.07) is 8.21. The first-order valence-corrected chi connectivity index (χ1v) is 10.3. The van der Waals surface area contributed by atoms with Crippen LogP contribution in [0.2, 0.25) is 5.02 Å². The molecule has 0 N–H and O–H groups in total. The van der Waals surface area contributed by atoms with Gasteiger partial charge in [0, 0.05) is 43.1 Å². The summed E-state index contributed by atoms with van der Waals surface area (Å²) in [5.74, 6) is 0.626. The van der Waals surface area contributed by atoms with E-state index in [0.717, 1.165) is 18.5 Å². The summed E-state index contributed by atoms with van der Waals surface area (Å²) in [5, 5.41) is 0.696. The van der Waals surface area contributed by atoms with E-state index in [2.05, 4.69) is 14.9 Å². The second-order valence-corrected chi connectivity index (χ2v) is 8.12. The summed E-state index contributed by atoms with van der Waals surface area (Å²) in [5.41, 5.74) is 3.15. The Bertz CT molecular complexity index is 1400. The number of hydrogen-bond donors (Lipinski definition) is 0. The first kappa shape index (κ1) is 19.6. The van der Waals surface area contributed by atoms with Crippen molar-refractivity contribution >= 4 is 28.3 Å². The Morgan fingerprint density at radius 2 is 1.97 bits per heavy atom. The van der Waals surface area contributed by atoms with Crippen LogP contribution in [0.5, 0.6) is 0 Å². The topological polar surface area (TPSA) is 63.9 Å². The number of fused-ring (bicyclic) bond motifs is 2. The first-order chi connectivity index (χ1) is 14.9. The quantitative estimate of drug-likeness (QED) is 0.475. The van der Waals surface area contributed by atoms with Crippen molar-refractivity contribution in [2.45, 2.75) is 19.9 Å². The van der Waals surface area contributed by atoms with Gasteiger partial charge in [-0.25, -0.2) is 14.4 Å². The molecule has 0 unspecified atom stereocenters. The second kappa shape index (κ2) is 7.42. The Balaban J connectivity index is 1.75. The lowest BCUT2D eigenvalue weighted by atomic mass is 10.0. The standard InChI is InChI=1S/C23H19ClFN5O/c1-13-27-22-18(23(31)29(13)2)10-20(28-21(22)17-4-3-16(24)9-19(17)25)30-8-6-14-5-7-26-11-15(14)12-30/h3-5,7,9-11H,6,8,12H2,1-2H3. The number of nitrogens with zero attached hydrogens (tertiary/aromatic N) is 5. The highest BCUT2D eigenvalue weighted by Crippen LogP contribution is 2.32. The van der Waals surface area contributed by atoms with E-state index in [1.807, 2.05) is 12.3 Å². The molecule has 156 valence electrons. The Morgan fingerprint density at radius 1 is 1.13 bits per heavy atom. The average Bonchev–Trinajstić information content (AvgIpc) is 2.77. The summed E-state index contributed by atoms with van der Waals surface area (Å²) in [4.78, 5) is 28.7. The minimum Gasteiger partial charge on any atom is -0.352 e. The van der Waals surface area contributed by atoms with E-state index in [1.54, 1.807) is 38.4 Å². The number of hydrogen-bond acceptors (Lipinski definition) is 5. The van der Waals surface area contributed by atoms with Crippen molar-refractivity contribution in [3.05, 3.63) is 80.9 Å². The Hall–Kier alpha value is -3.32. The minimum atomic E-state index is -0.508. The zero-order valence-electron chi connectivity index (χ0n) is 17.1. The smallest absolute Gasteiger partial charge is 0.261 e. The third-order valence-electron chi connectivity index (χ3n) is 5.80. The van der Waals surface area contributed by atoms with E-state index in [1.165, 1.54) is 16.2 Å². The third-order valence-corrected chi connectivity index (χ3v) is 6.04. The average molecular weight is 436 g/mol. The molecule has 0 saturated carbocycles. The molecule has 0 spiro atoms. The molecule has 4 heterocycles. The van der Waals surface area contributed by atoms with E-state index in [0.29, 0.717) is 39.8 Å². The van der Waals surface area contributed by atoms with Crippen molar-refractivity contribution in [1.29, 1.82) is 0 Å². The van der Waals surface area contributed by atoms with Crippen LogP contribution in [0.1, 0.15) is 17.0 Å². The zero-order valence-corrected chi connectivity index (χ0v) is 17.8. The van der Waals surface area contributed by atoms with Crippen molar-refractivity contribution in [1.82, 2.24) is 19.5 Å². The van der Waals surface area contributed by atoms with Crippen LogP contribution in [0, 0.1) is 12.7 Å². The maximum Gasteiger partial charge on any atom is 0.261 e. The van der Waals surface area contributed by atoms with Crippen molar-refractivity contribution in [2.24, 2.45) is 7.05 Å². The van der Waals surface area contributed by atoms with Crippen LogP contribution in [0.15, 0.2) is 47.5 Å². The van der Waals surface area contributed by atoms with Gasteiger partial charge in [0.25, 0.3) is 5.56 Å². The number of benzene rings is 1. The molecule has 0 atom stereocenters. The summed E-state index contributed by atoms with van der Waals surface area (Å²) < 4.78 is 16.3. The largest absolute Gasteiger partial charge is 0.352 e. The fraction of sp³-hybridized carbons (Fsp3) is 0.217. The third kappa shape index (κ3) is 3.35. The molecule has 0 fully saturated rings. The molecule has 0 bridgehead atoms. The highest BCUT2D eigenvalue weighted by molar-refractivity contribution is 6.30. The van der Waals surface area contributed by atoms with Gasteiger partial charge in [-0.3, -0.25) is 14.3 Å². The van der Waals surface area contributed by atoms with Crippen LogP contribution in [-0.2, 0) is 20.0 Å². The Morgan fingerprint density at radius 3 is 2.77 bits per heavy atom. The summed E-state index contributed by atoms with van der Waals surface area (Å²) in [6.07, 6.45) is 4.49. The lowest BCUT2D eigenvalue weighted by Crippen LogP contribution is -2.31. The van der Waals surface area contributed by atoms with Gasteiger partial charge >= 0.3 is 0 Å². The van der Waals surface area contributed by atoms with Crippen LogP contribution in [-0.4, -0.2) is 26.1 Å². The molecule has 1 aliphatic rings. The Kier molecular flexibility index (Phi) is 4.70. The van der Waals surface area contributed by atoms with Crippen LogP contribution >= 0.6 is 11.6 Å². The fourth-order valence-corrected chi connectivity index (χ4v) is 4.13. The van der Waals surface area contributed by atoms with Gasteiger partial charge in [0.2, 0.25) is 0 Å². The van der Waals surface area contributed by atoms with E-state index in [4.69, 9.17) is 16.6 Å². The van der Waals surface area contributed by atoms with Gasteiger partial charge in [-0.05, 0) is 54.8 Å². The van der Waals surface area contributed by atoms with Crippen LogP contribution in [0.3, 0.4) is 0 Å². The van der Waals surface area contributed by atoms with Gasteiger partial charge in [-0.15, -0.1) is 0 Å². The fourth-order valence-electron chi connectivity index (χ4n) is 3.97. The number of rotatable bonds is 2. The SMILES string of the molecule is Cc1nc2c(-c3ccc(Cl)cc3F)nc(N3CCc4ccncc4C3)cc2c(=O)n1C. The van der Waals surface area contributed by atoms with Crippen molar-refractivity contribution < 1.29 is 4.39 Å². The van der Waals surface area contributed by atoms with Crippen LogP contribution < -0.4 is 10.5 Å². The van der Waals surface area contributed by atoms with E-state index < -0.39 is 5.82 Å². The maximum absolute atomic E-state index is 14.9. The lowest BCUT2D eigenvalue weighted by Gasteiger charge is -2.30. The van der Waals surface area contributed by atoms with Crippen molar-refractivity contribution in [3.8, 4) is 11.3 Å². The predicted octanol–water partition coefficient (Wildman–Crippen LogP) is 4.05. The number of anilines is 1. The number of aromatic nitrogens is 4. The van der Waals surface area contributed by atoms with Crippen LogP contribution in [0.4, 0.5) is 10.2 Å². The molecule has 31 heavy (non-hydrogen) atoms. The first-order valence-electron chi connectivity index (χ1n) is 9.93. The summed E-state index contributed by atoms with van der Waals surface area (Å²) in [6.45, 7) is 3.09.